The molecule has 2 N–H and O–H groups in total. The molecule has 0 atom stereocenters. The van der Waals surface area contributed by atoms with Gasteiger partial charge in [-0.2, -0.15) is 0 Å². The molecule has 1 aromatic heterocycles. The van der Waals surface area contributed by atoms with E-state index in [1.807, 2.05) is 10.8 Å². The van der Waals surface area contributed by atoms with E-state index >= 15 is 0 Å². The van der Waals surface area contributed by atoms with Crippen LogP contribution < -0.4 is 5.73 Å². The van der Waals surface area contributed by atoms with E-state index in [4.69, 9.17) is 5.73 Å². The van der Waals surface area contributed by atoms with E-state index in [2.05, 4.69) is 23.7 Å². The summed E-state index contributed by atoms with van der Waals surface area (Å²) >= 11 is 0. The third kappa shape index (κ3) is 3.21. The molecule has 0 aliphatic heterocycles. The van der Waals surface area contributed by atoms with Gasteiger partial charge in [-0.1, -0.05) is 24.8 Å². The Morgan fingerprint density at radius 1 is 1.42 bits per heavy atom. The molecular formula is C15H16FN3. The molecule has 0 aliphatic carbocycles. The van der Waals surface area contributed by atoms with E-state index < -0.39 is 0 Å². The van der Waals surface area contributed by atoms with E-state index in [1.165, 1.54) is 12.1 Å². The lowest BCUT2D eigenvalue weighted by Gasteiger charge is -2.09. The lowest BCUT2D eigenvalue weighted by atomic mass is 10.1. The molecular weight excluding hydrogens is 241 g/mol. The third-order valence-electron chi connectivity index (χ3n) is 2.86. The van der Waals surface area contributed by atoms with Crippen LogP contribution in [0.25, 0.3) is 0 Å². The predicted molar refractivity (Wildman–Crippen MR) is 73.0 cm³/mol. The molecule has 98 valence electrons. The van der Waals surface area contributed by atoms with Crippen molar-refractivity contribution in [1.29, 1.82) is 0 Å². The molecule has 0 radical (unpaired) electrons. The average molecular weight is 257 g/mol. The maximum absolute atomic E-state index is 13.3. The standard InChI is InChI=1S/C15H16FN3/c1-2-15-18-8-9-19(15)11-13-5-6-14(16)10-12(13)4-3-7-17/h5-6,8-10H,2,7,11,17H2,1H3. The summed E-state index contributed by atoms with van der Waals surface area (Å²) in [5.41, 5.74) is 7.01. The van der Waals surface area contributed by atoms with Crippen LogP contribution in [0.5, 0.6) is 0 Å². The first kappa shape index (κ1) is 13.3. The molecule has 0 fully saturated rings. The van der Waals surface area contributed by atoms with Gasteiger partial charge in [0.1, 0.15) is 11.6 Å². The van der Waals surface area contributed by atoms with Crippen molar-refractivity contribution in [2.45, 2.75) is 19.9 Å². The van der Waals surface area contributed by atoms with Crippen molar-refractivity contribution in [3.63, 3.8) is 0 Å². The van der Waals surface area contributed by atoms with Crippen LogP contribution in [0.4, 0.5) is 4.39 Å². The van der Waals surface area contributed by atoms with Crippen molar-refractivity contribution in [2.24, 2.45) is 5.73 Å². The molecule has 2 aromatic rings. The highest BCUT2D eigenvalue weighted by Crippen LogP contribution is 2.13. The number of hydrogen-bond donors (Lipinski definition) is 1. The van der Waals surface area contributed by atoms with Crippen molar-refractivity contribution < 1.29 is 4.39 Å². The van der Waals surface area contributed by atoms with Crippen molar-refractivity contribution in [2.75, 3.05) is 6.54 Å². The monoisotopic (exact) mass is 257 g/mol. The molecule has 0 saturated carbocycles. The van der Waals surface area contributed by atoms with Crippen LogP contribution in [0, 0.1) is 17.7 Å². The number of aryl methyl sites for hydroxylation is 1. The fourth-order valence-electron chi connectivity index (χ4n) is 1.93. The third-order valence-corrected chi connectivity index (χ3v) is 2.86. The van der Waals surface area contributed by atoms with Gasteiger partial charge < -0.3 is 10.3 Å². The van der Waals surface area contributed by atoms with Gasteiger partial charge in [-0.3, -0.25) is 0 Å². The minimum atomic E-state index is -0.286. The Balaban J connectivity index is 2.34. The minimum absolute atomic E-state index is 0.265. The van der Waals surface area contributed by atoms with Gasteiger partial charge in [0.25, 0.3) is 0 Å². The van der Waals surface area contributed by atoms with Gasteiger partial charge in [0.05, 0.1) is 6.54 Å². The van der Waals surface area contributed by atoms with Gasteiger partial charge in [-0.25, -0.2) is 9.37 Å². The molecule has 0 aliphatic rings. The maximum atomic E-state index is 13.3. The number of hydrogen-bond acceptors (Lipinski definition) is 2. The van der Waals surface area contributed by atoms with Crippen molar-refractivity contribution in [3.8, 4) is 11.8 Å². The summed E-state index contributed by atoms with van der Waals surface area (Å²) in [4.78, 5) is 4.27. The first-order valence-electron chi connectivity index (χ1n) is 6.22. The molecule has 1 heterocycles. The lowest BCUT2D eigenvalue weighted by Crippen LogP contribution is -2.05. The van der Waals surface area contributed by atoms with Crippen molar-refractivity contribution >= 4 is 0 Å². The summed E-state index contributed by atoms with van der Waals surface area (Å²) in [6.07, 6.45) is 4.55. The molecule has 3 nitrogen and oxygen atoms in total. The van der Waals surface area contributed by atoms with Crippen LogP contribution in [-0.2, 0) is 13.0 Å². The molecule has 0 spiro atoms. The Bertz CT molecular complexity index is 620. The quantitative estimate of drug-likeness (QED) is 0.854. The second-order valence-corrected chi connectivity index (χ2v) is 4.13. The Morgan fingerprint density at radius 3 is 3.00 bits per heavy atom. The Kier molecular flexibility index (Phi) is 4.32. The van der Waals surface area contributed by atoms with E-state index in [9.17, 15) is 4.39 Å². The number of halogens is 1. The SMILES string of the molecule is CCc1nccn1Cc1ccc(F)cc1C#CCN. The number of imidazole rings is 1. The normalized spacial score (nSPS) is 10.1. The average Bonchev–Trinajstić information content (AvgIpc) is 2.86. The van der Waals surface area contributed by atoms with Crippen LogP contribution in [-0.4, -0.2) is 16.1 Å². The van der Waals surface area contributed by atoms with Gasteiger partial charge in [0.2, 0.25) is 0 Å². The largest absolute Gasteiger partial charge is 0.330 e. The maximum Gasteiger partial charge on any atom is 0.124 e. The zero-order valence-corrected chi connectivity index (χ0v) is 10.9. The first-order valence-corrected chi connectivity index (χ1v) is 6.22. The van der Waals surface area contributed by atoms with Crippen LogP contribution >= 0.6 is 0 Å². The molecule has 0 unspecified atom stereocenters. The summed E-state index contributed by atoms with van der Waals surface area (Å²) in [7, 11) is 0. The smallest absolute Gasteiger partial charge is 0.124 e. The molecule has 0 bridgehead atoms. The van der Waals surface area contributed by atoms with E-state index in [1.54, 1.807) is 12.3 Å². The number of rotatable bonds is 3. The summed E-state index contributed by atoms with van der Waals surface area (Å²) in [6, 6.07) is 4.65. The van der Waals surface area contributed by atoms with Gasteiger partial charge in [0, 0.05) is 30.9 Å². The summed E-state index contributed by atoms with van der Waals surface area (Å²) in [5.74, 6) is 6.40. The minimum Gasteiger partial charge on any atom is -0.330 e. The predicted octanol–water partition coefficient (Wildman–Crippen LogP) is 1.94. The summed E-state index contributed by atoms with van der Waals surface area (Å²) in [5, 5.41) is 0. The van der Waals surface area contributed by atoms with Crippen LogP contribution in [0.1, 0.15) is 23.9 Å². The second kappa shape index (κ2) is 6.17. The zero-order chi connectivity index (χ0) is 13.7. The fraction of sp³-hybridized carbons (Fsp3) is 0.267. The van der Waals surface area contributed by atoms with Crippen LogP contribution in [0.2, 0.25) is 0 Å². The Morgan fingerprint density at radius 2 is 2.26 bits per heavy atom. The van der Waals surface area contributed by atoms with Gasteiger partial charge >= 0.3 is 0 Å². The molecule has 1 aromatic carbocycles. The van der Waals surface area contributed by atoms with E-state index in [0.717, 1.165) is 17.8 Å². The van der Waals surface area contributed by atoms with Gasteiger partial charge in [-0.15, -0.1) is 0 Å². The molecule has 0 amide bonds. The lowest BCUT2D eigenvalue weighted by molar-refractivity contribution is 0.625. The molecule has 4 heteroatoms. The fourth-order valence-corrected chi connectivity index (χ4v) is 1.93. The molecule has 0 saturated heterocycles. The molecule has 19 heavy (non-hydrogen) atoms. The highest BCUT2D eigenvalue weighted by atomic mass is 19.1. The van der Waals surface area contributed by atoms with E-state index in [0.29, 0.717) is 12.1 Å². The number of nitrogens with two attached hydrogens (primary N) is 1. The first-order chi connectivity index (χ1) is 9.24. The second-order valence-electron chi connectivity index (χ2n) is 4.13. The van der Waals surface area contributed by atoms with Gasteiger partial charge in [0.15, 0.2) is 0 Å². The number of benzene rings is 1. The zero-order valence-electron chi connectivity index (χ0n) is 10.9. The number of aromatic nitrogens is 2. The molecule has 2 rings (SSSR count). The van der Waals surface area contributed by atoms with Gasteiger partial charge in [-0.05, 0) is 17.7 Å². The summed E-state index contributed by atoms with van der Waals surface area (Å²) < 4.78 is 15.3. The van der Waals surface area contributed by atoms with Crippen molar-refractivity contribution in [3.05, 3.63) is 53.4 Å². The highest BCUT2D eigenvalue weighted by molar-refractivity contribution is 5.42. The topological polar surface area (TPSA) is 43.8 Å². The van der Waals surface area contributed by atoms with Crippen molar-refractivity contribution in [1.82, 2.24) is 9.55 Å². The van der Waals surface area contributed by atoms with E-state index in [-0.39, 0.29) is 12.4 Å². The Labute approximate surface area is 112 Å². The highest BCUT2D eigenvalue weighted by Gasteiger charge is 2.06. The Hall–Kier alpha value is -2.12. The van der Waals surface area contributed by atoms with Crippen LogP contribution in [0.3, 0.4) is 0 Å². The number of nitrogens with zero attached hydrogens (tertiary/aromatic N) is 2. The van der Waals surface area contributed by atoms with Crippen LogP contribution in [0.15, 0.2) is 30.6 Å². The summed E-state index contributed by atoms with van der Waals surface area (Å²) in [6.45, 7) is 2.96.